The standard InChI is InChI=1S/C21H25F2N10O6PS2/c1-8(32-4-2-9-15(24)26-7-27-16(9)32)38-11-6-37-40(35,41)39-14-12(23)20(36-5-3-10(11)22)42-19(14)33-17-13(30-31-33)18(34)29-21(25)28-17/h2,4,7-8,10-12,14,19-20H,3,5-6H2,1H3,(H,35,41)(H2,24,26,27)(H3,25,28,29,34)/t8-,10-,11-,12+,14-,19-,20?,40?/m1/s1. The number of rotatable bonds is 4. The number of alkyl halides is 2. The molecule has 2 saturated heterocycles. The first-order valence-electron chi connectivity index (χ1n) is 12.6. The molecular formula is C21H25F2N10O6PS2. The molecule has 8 atom stereocenters. The van der Waals surface area contributed by atoms with Gasteiger partial charge in [0.2, 0.25) is 5.95 Å². The molecule has 0 saturated carbocycles. The van der Waals surface area contributed by atoms with Crippen LogP contribution in [0.2, 0.25) is 0 Å². The maximum Gasteiger partial charge on any atom is 0.386 e. The van der Waals surface area contributed by atoms with Gasteiger partial charge in [-0.3, -0.25) is 18.8 Å². The monoisotopic (exact) mass is 646 g/mol. The van der Waals surface area contributed by atoms with Crippen LogP contribution in [0, 0.1) is 0 Å². The van der Waals surface area contributed by atoms with E-state index in [0.717, 1.165) is 16.4 Å². The fraction of sp³-hybridized carbons (Fsp3) is 0.524. The summed E-state index contributed by atoms with van der Waals surface area (Å²) in [6, 6.07) is 1.70. The number of nitrogens with two attached hydrogens (primary N) is 2. The van der Waals surface area contributed by atoms with Gasteiger partial charge in [-0.2, -0.15) is 4.98 Å². The van der Waals surface area contributed by atoms with Crippen molar-refractivity contribution in [1.82, 2.24) is 39.5 Å². The molecule has 4 aromatic heterocycles. The molecule has 2 aliphatic heterocycles. The molecule has 226 valence electrons. The normalized spacial score (nSPS) is 31.6. The number of hydrogen-bond acceptors (Lipinski definition) is 14. The van der Waals surface area contributed by atoms with Crippen LogP contribution < -0.4 is 17.0 Å². The summed E-state index contributed by atoms with van der Waals surface area (Å²) in [7, 11) is 0. The lowest BCUT2D eigenvalue weighted by Gasteiger charge is -2.29. The first kappa shape index (κ1) is 29.2. The molecule has 16 nitrogen and oxygen atoms in total. The van der Waals surface area contributed by atoms with Gasteiger partial charge in [0.15, 0.2) is 17.3 Å². The topological polar surface area (TPSA) is 213 Å². The van der Waals surface area contributed by atoms with Crippen LogP contribution in [0.25, 0.3) is 22.2 Å². The first-order chi connectivity index (χ1) is 20.0. The summed E-state index contributed by atoms with van der Waals surface area (Å²) in [6.45, 7) is -3.41. The second-order valence-electron chi connectivity index (χ2n) is 9.50. The Morgan fingerprint density at radius 1 is 1.31 bits per heavy atom. The Morgan fingerprint density at radius 2 is 2.12 bits per heavy atom. The molecule has 42 heavy (non-hydrogen) atoms. The second-order valence-corrected chi connectivity index (χ2v) is 13.6. The molecule has 0 radical (unpaired) electrons. The third-order valence-corrected chi connectivity index (χ3v) is 9.79. The number of fused-ring (bicyclic) bond motifs is 4. The van der Waals surface area contributed by atoms with Gasteiger partial charge in [-0.1, -0.05) is 29.2 Å². The molecule has 0 aliphatic carbocycles. The van der Waals surface area contributed by atoms with Crippen LogP contribution >= 0.6 is 30.8 Å². The number of nitrogens with one attached hydrogen (secondary N) is 1. The molecule has 2 unspecified atom stereocenters. The molecule has 6 rings (SSSR count). The van der Waals surface area contributed by atoms with Gasteiger partial charge in [0, 0.05) is 12.6 Å². The van der Waals surface area contributed by atoms with E-state index in [4.69, 9.17) is 30.0 Å². The molecule has 21 heteroatoms. The minimum Gasteiger partial charge on any atom is -0.383 e. The van der Waals surface area contributed by atoms with E-state index in [0.29, 0.717) is 11.0 Å². The van der Waals surface area contributed by atoms with Crippen molar-refractivity contribution < 1.29 is 31.9 Å². The lowest BCUT2D eigenvalue weighted by atomic mass is 10.2. The van der Waals surface area contributed by atoms with Gasteiger partial charge in [-0.05, 0) is 13.0 Å². The molecule has 5 N–H and O–H groups in total. The Kier molecular flexibility index (Phi) is 7.88. The van der Waals surface area contributed by atoms with Gasteiger partial charge in [0.05, 0.1) is 18.6 Å². The quantitative estimate of drug-likeness (QED) is 0.185. The largest absolute Gasteiger partial charge is 0.386 e. The van der Waals surface area contributed by atoms with Crippen molar-refractivity contribution in [1.29, 1.82) is 0 Å². The minimum atomic E-state index is -4.33. The van der Waals surface area contributed by atoms with Crippen LogP contribution in [-0.4, -0.2) is 82.7 Å². The van der Waals surface area contributed by atoms with Crippen molar-refractivity contribution in [3.8, 4) is 0 Å². The predicted molar refractivity (Wildman–Crippen MR) is 150 cm³/mol. The smallest absolute Gasteiger partial charge is 0.383 e. The SMILES string of the molecule is C[C@@H](O[C@@H]1COP(=O)(S)O[C@@H]2[C@H](F)C(OCC[C@H]1F)S[C@H]2n1nnc2c(=O)[nH]c(N)nc21)n1ccc2c(N)ncnc21. The average molecular weight is 647 g/mol. The van der Waals surface area contributed by atoms with Crippen LogP contribution in [0.3, 0.4) is 0 Å². The summed E-state index contributed by atoms with van der Waals surface area (Å²) in [6.07, 6.45) is -4.27. The van der Waals surface area contributed by atoms with Crippen LogP contribution in [0.5, 0.6) is 0 Å². The fourth-order valence-electron chi connectivity index (χ4n) is 4.73. The van der Waals surface area contributed by atoms with E-state index in [1.807, 2.05) is 0 Å². The summed E-state index contributed by atoms with van der Waals surface area (Å²) >= 11 is 4.92. The number of thioether (sulfide) groups is 1. The number of aromatic nitrogens is 8. The van der Waals surface area contributed by atoms with Gasteiger partial charge >= 0.3 is 6.80 Å². The summed E-state index contributed by atoms with van der Waals surface area (Å²) < 4.78 is 69.8. The molecule has 2 fully saturated rings. The number of aromatic amines is 1. The molecule has 0 amide bonds. The van der Waals surface area contributed by atoms with Crippen molar-refractivity contribution in [2.24, 2.45) is 0 Å². The number of halogens is 2. The third kappa shape index (κ3) is 5.47. The highest BCUT2D eigenvalue weighted by atomic mass is 32.7. The van der Waals surface area contributed by atoms with Crippen LogP contribution in [-0.2, 0) is 23.1 Å². The number of anilines is 2. The first-order valence-corrected chi connectivity index (χ1v) is 16.2. The number of thiol groups is 1. The van der Waals surface area contributed by atoms with Crippen molar-refractivity contribution in [2.75, 3.05) is 24.7 Å². The maximum absolute atomic E-state index is 15.6. The van der Waals surface area contributed by atoms with Crippen LogP contribution in [0.4, 0.5) is 20.5 Å². The Bertz CT molecular complexity index is 1730. The predicted octanol–water partition coefficient (Wildman–Crippen LogP) is 2.14. The minimum absolute atomic E-state index is 0.0507. The Labute approximate surface area is 244 Å². The number of ether oxygens (including phenoxy) is 2. The van der Waals surface area contributed by atoms with E-state index in [1.165, 1.54) is 6.33 Å². The average Bonchev–Trinajstić information content (AvgIpc) is 3.63. The zero-order valence-corrected chi connectivity index (χ0v) is 24.3. The van der Waals surface area contributed by atoms with Gasteiger partial charge < -0.3 is 25.5 Å². The van der Waals surface area contributed by atoms with E-state index in [9.17, 15) is 9.36 Å². The van der Waals surface area contributed by atoms with Gasteiger partial charge in [0.25, 0.3) is 5.56 Å². The molecule has 6 heterocycles. The van der Waals surface area contributed by atoms with Gasteiger partial charge in [-0.15, -0.1) is 5.10 Å². The fourth-order valence-corrected chi connectivity index (χ4v) is 7.65. The molecular weight excluding hydrogens is 621 g/mol. The molecule has 0 aromatic carbocycles. The number of nitrogens with zero attached hydrogens (tertiary/aromatic N) is 7. The highest BCUT2D eigenvalue weighted by molar-refractivity contribution is 8.44. The van der Waals surface area contributed by atoms with Crippen LogP contribution in [0.1, 0.15) is 24.9 Å². The number of hydrogen-bond donors (Lipinski definition) is 4. The van der Waals surface area contributed by atoms with Crippen LogP contribution in [0.15, 0.2) is 23.4 Å². The maximum atomic E-state index is 15.6. The van der Waals surface area contributed by atoms with Crippen molar-refractivity contribution in [2.45, 2.75) is 54.9 Å². The van der Waals surface area contributed by atoms with Crippen molar-refractivity contribution >= 4 is 64.8 Å². The van der Waals surface area contributed by atoms with Crippen molar-refractivity contribution in [3.63, 3.8) is 0 Å². The lowest BCUT2D eigenvalue weighted by molar-refractivity contribution is -0.102. The highest BCUT2D eigenvalue weighted by Gasteiger charge is 2.51. The number of nitrogen functional groups attached to an aromatic ring is 2. The Hall–Kier alpha value is -2.87. The summed E-state index contributed by atoms with van der Waals surface area (Å²) in [5.74, 6) is 0.0594. The Balaban J connectivity index is 1.25. The van der Waals surface area contributed by atoms with E-state index in [2.05, 4.69) is 42.5 Å². The van der Waals surface area contributed by atoms with Crippen molar-refractivity contribution in [3.05, 3.63) is 28.9 Å². The zero-order valence-electron chi connectivity index (χ0n) is 21.7. The molecule has 0 spiro atoms. The van der Waals surface area contributed by atoms with Gasteiger partial charge in [0.1, 0.15) is 53.2 Å². The summed E-state index contributed by atoms with van der Waals surface area (Å²) in [5.41, 5.74) is 10.0. The Morgan fingerprint density at radius 3 is 2.93 bits per heavy atom. The molecule has 4 aromatic rings. The van der Waals surface area contributed by atoms with Gasteiger partial charge in [-0.25, -0.2) is 28.0 Å². The molecule has 2 aliphatic rings. The summed E-state index contributed by atoms with van der Waals surface area (Å²) in [4.78, 5) is 26.7. The third-order valence-electron chi connectivity index (χ3n) is 6.76. The van der Waals surface area contributed by atoms with E-state index < -0.39 is 60.6 Å². The zero-order chi connectivity index (χ0) is 29.8. The number of H-pyrrole nitrogens is 1. The highest BCUT2D eigenvalue weighted by Crippen LogP contribution is 2.59. The lowest BCUT2D eigenvalue weighted by Crippen LogP contribution is -2.36. The van der Waals surface area contributed by atoms with E-state index in [-0.39, 0.29) is 36.0 Å². The van der Waals surface area contributed by atoms with E-state index in [1.54, 1.807) is 23.8 Å². The summed E-state index contributed by atoms with van der Waals surface area (Å²) in [5, 5.41) is 7.25. The van der Waals surface area contributed by atoms with E-state index >= 15 is 8.78 Å². The second kappa shape index (κ2) is 11.3. The molecule has 2 bridgehead atoms.